The van der Waals surface area contributed by atoms with Crippen LogP contribution in [0.2, 0.25) is 0 Å². The van der Waals surface area contributed by atoms with E-state index in [1.165, 1.54) is 11.6 Å². The van der Waals surface area contributed by atoms with Gasteiger partial charge in [-0.15, -0.1) is 0 Å². The van der Waals surface area contributed by atoms with Crippen molar-refractivity contribution in [3.05, 3.63) is 45.5 Å². The minimum absolute atomic E-state index is 0.122. The van der Waals surface area contributed by atoms with Gasteiger partial charge in [0.2, 0.25) is 0 Å². The van der Waals surface area contributed by atoms with E-state index in [4.69, 9.17) is 4.74 Å². The van der Waals surface area contributed by atoms with Gasteiger partial charge in [-0.25, -0.2) is 0 Å². The highest BCUT2D eigenvalue weighted by Crippen LogP contribution is 2.16. The summed E-state index contributed by atoms with van der Waals surface area (Å²) in [6.45, 7) is 4.31. The molecule has 0 aliphatic rings. The van der Waals surface area contributed by atoms with Crippen LogP contribution in [0.1, 0.15) is 18.9 Å². The van der Waals surface area contributed by atoms with Gasteiger partial charge < -0.3 is 10.1 Å². The number of methoxy groups -OCH3 is 1. The van der Waals surface area contributed by atoms with Crippen molar-refractivity contribution >= 4 is 11.8 Å². The minimum Gasteiger partial charge on any atom is -0.383 e. The second kappa shape index (κ2) is 8.39. The van der Waals surface area contributed by atoms with Crippen LogP contribution in [0.5, 0.6) is 0 Å². The van der Waals surface area contributed by atoms with E-state index >= 15 is 0 Å². The Labute approximate surface area is 113 Å². The smallest absolute Gasteiger partial charge is 0.270 e. The molecule has 1 aromatic carbocycles. The summed E-state index contributed by atoms with van der Waals surface area (Å²) < 4.78 is 4.96. The van der Waals surface area contributed by atoms with Crippen molar-refractivity contribution in [2.75, 3.05) is 26.8 Å². The van der Waals surface area contributed by atoms with Crippen molar-refractivity contribution in [3.8, 4) is 0 Å². The van der Waals surface area contributed by atoms with E-state index in [2.05, 4.69) is 12.2 Å². The first-order chi connectivity index (χ1) is 9.17. The first-order valence-corrected chi connectivity index (χ1v) is 6.31. The van der Waals surface area contributed by atoms with Gasteiger partial charge in [0.25, 0.3) is 5.69 Å². The number of nitro benzene ring substituents is 1. The molecule has 1 rings (SSSR count). The molecule has 0 bridgehead atoms. The predicted octanol–water partition coefficient (Wildman–Crippen LogP) is 2.62. The zero-order valence-electron chi connectivity index (χ0n) is 11.4. The van der Waals surface area contributed by atoms with Crippen molar-refractivity contribution in [2.24, 2.45) is 0 Å². The zero-order valence-corrected chi connectivity index (χ0v) is 11.4. The van der Waals surface area contributed by atoms with Crippen LogP contribution in [0.25, 0.3) is 6.08 Å². The molecular weight excluding hydrogens is 244 g/mol. The molecule has 0 amide bonds. The lowest BCUT2D eigenvalue weighted by atomic mass is 10.1. The van der Waals surface area contributed by atoms with Gasteiger partial charge in [-0.05, 0) is 12.0 Å². The van der Waals surface area contributed by atoms with Crippen LogP contribution < -0.4 is 5.32 Å². The average Bonchev–Trinajstić information content (AvgIpc) is 2.42. The second-order valence-corrected chi connectivity index (χ2v) is 4.18. The zero-order chi connectivity index (χ0) is 14.1. The Kier molecular flexibility index (Phi) is 6.78. The molecule has 0 fully saturated rings. The van der Waals surface area contributed by atoms with E-state index in [1.807, 2.05) is 12.1 Å². The van der Waals surface area contributed by atoms with Gasteiger partial charge in [0.1, 0.15) is 0 Å². The molecule has 0 aliphatic carbocycles. The number of hydrogen-bond acceptors (Lipinski definition) is 4. The molecule has 0 saturated carbocycles. The lowest BCUT2D eigenvalue weighted by Gasteiger charge is -2.07. The molecule has 0 heterocycles. The molecule has 19 heavy (non-hydrogen) atoms. The Morgan fingerprint density at radius 1 is 1.53 bits per heavy atom. The summed E-state index contributed by atoms with van der Waals surface area (Å²) in [4.78, 5) is 10.3. The summed E-state index contributed by atoms with van der Waals surface area (Å²) >= 11 is 0. The molecule has 0 atom stereocenters. The van der Waals surface area contributed by atoms with Gasteiger partial charge >= 0.3 is 0 Å². The van der Waals surface area contributed by atoms with Crippen LogP contribution in [0.3, 0.4) is 0 Å². The van der Waals surface area contributed by atoms with Gasteiger partial charge in [0.05, 0.1) is 11.5 Å². The molecule has 104 valence electrons. The number of benzene rings is 1. The Morgan fingerprint density at radius 2 is 2.32 bits per heavy atom. The van der Waals surface area contributed by atoms with Crippen LogP contribution in [0.4, 0.5) is 5.69 Å². The second-order valence-electron chi connectivity index (χ2n) is 4.18. The number of nitrogens with zero attached hydrogens (tertiary/aromatic N) is 1. The third-order valence-corrected chi connectivity index (χ3v) is 2.74. The number of nitrogens with one attached hydrogen (secondary N) is 1. The summed E-state index contributed by atoms with van der Waals surface area (Å²) in [6.07, 6.45) is 2.90. The molecule has 0 saturated heterocycles. The van der Waals surface area contributed by atoms with Gasteiger partial charge in [0.15, 0.2) is 0 Å². The number of nitro groups is 1. The van der Waals surface area contributed by atoms with E-state index in [0.717, 1.165) is 25.1 Å². The van der Waals surface area contributed by atoms with E-state index < -0.39 is 0 Å². The van der Waals surface area contributed by atoms with Crippen LogP contribution in [0.15, 0.2) is 29.8 Å². The number of hydrogen-bond donors (Lipinski definition) is 1. The third kappa shape index (κ3) is 5.63. The van der Waals surface area contributed by atoms with Crippen molar-refractivity contribution < 1.29 is 9.66 Å². The van der Waals surface area contributed by atoms with E-state index in [0.29, 0.717) is 6.61 Å². The summed E-state index contributed by atoms with van der Waals surface area (Å²) in [5, 5.41) is 14.0. The Balaban J connectivity index is 2.68. The van der Waals surface area contributed by atoms with Gasteiger partial charge in [-0.3, -0.25) is 10.1 Å². The maximum absolute atomic E-state index is 10.7. The Bertz CT molecular complexity index is 444. The normalized spacial score (nSPS) is 11.6. The number of ether oxygens (including phenoxy) is 1. The SMILES string of the molecule is CCC(=Cc1cccc([N+](=O)[O-])c1)CNCCOC. The largest absolute Gasteiger partial charge is 0.383 e. The summed E-state index contributed by atoms with van der Waals surface area (Å²) in [5.41, 5.74) is 2.19. The van der Waals surface area contributed by atoms with E-state index in [9.17, 15) is 10.1 Å². The quantitative estimate of drug-likeness (QED) is 0.445. The van der Waals surface area contributed by atoms with Crippen LogP contribution in [0, 0.1) is 10.1 Å². The molecule has 0 aromatic heterocycles. The topological polar surface area (TPSA) is 64.4 Å². The van der Waals surface area contributed by atoms with Gasteiger partial charge in [0, 0.05) is 32.3 Å². The minimum atomic E-state index is -0.375. The number of non-ortho nitro benzene ring substituents is 1. The maximum Gasteiger partial charge on any atom is 0.270 e. The molecule has 5 nitrogen and oxygen atoms in total. The average molecular weight is 264 g/mol. The molecule has 1 aromatic rings. The summed E-state index contributed by atoms with van der Waals surface area (Å²) in [5.74, 6) is 0. The van der Waals surface area contributed by atoms with Gasteiger partial charge in [-0.1, -0.05) is 30.7 Å². The lowest BCUT2D eigenvalue weighted by Crippen LogP contribution is -2.21. The molecule has 0 aliphatic heterocycles. The van der Waals surface area contributed by atoms with E-state index in [-0.39, 0.29) is 10.6 Å². The first kappa shape index (κ1) is 15.3. The van der Waals surface area contributed by atoms with Crippen molar-refractivity contribution in [1.82, 2.24) is 5.32 Å². The van der Waals surface area contributed by atoms with E-state index in [1.54, 1.807) is 19.2 Å². The molecular formula is C14H20N2O3. The fourth-order valence-corrected chi connectivity index (χ4v) is 1.67. The van der Waals surface area contributed by atoms with Crippen LogP contribution >= 0.6 is 0 Å². The summed E-state index contributed by atoms with van der Waals surface area (Å²) in [6, 6.07) is 6.66. The fraction of sp³-hybridized carbons (Fsp3) is 0.429. The predicted molar refractivity (Wildman–Crippen MR) is 76.1 cm³/mol. The molecule has 0 unspecified atom stereocenters. The first-order valence-electron chi connectivity index (χ1n) is 6.31. The highest BCUT2D eigenvalue weighted by atomic mass is 16.6. The van der Waals surface area contributed by atoms with Crippen LogP contribution in [-0.2, 0) is 4.74 Å². The Hall–Kier alpha value is -1.72. The molecule has 5 heteroatoms. The van der Waals surface area contributed by atoms with Crippen molar-refractivity contribution in [2.45, 2.75) is 13.3 Å². The Morgan fingerprint density at radius 3 is 2.95 bits per heavy atom. The van der Waals surface area contributed by atoms with Crippen LogP contribution in [-0.4, -0.2) is 31.7 Å². The fourth-order valence-electron chi connectivity index (χ4n) is 1.67. The van der Waals surface area contributed by atoms with Crippen molar-refractivity contribution in [1.29, 1.82) is 0 Å². The van der Waals surface area contributed by atoms with Crippen molar-refractivity contribution in [3.63, 3.8) is 0 Å². The molecule has 0 spiro atoms. The highest BCUT2D eigenvalue weighted by Gasteiger charge is 2.04. The molecule has 1 N–H and O–H groups in total. The van der Waals surface area contributed by atoms with Gasteiger partial charge in [-0.2, -0.15) is 0 Å². The monoisotopic (exact) mass is 264 g/mol. The lowest BCUT2D eigenvalue weighted by molar-refractivity contribution is -0.384. The third-order valence-electron chi connectivity index (χ3n) is 2.74. The highest BCUT2D eigenvalue weighted by molar-refractivity contribution is 5.56. The number of rotatable bonds is 8. The molecule has 0 radical (unpaired) electrons. The summed E-state index contributed by atoms with van der Waals surface area (Å²) in [7, 11) is 1.67. The standard InChI is InChI=1S/C14H20N2O3/c1-3-12(11-15-7-8-19-2)9-13-5-4-6-14(10-13)16(17)18/h4-6,9-10,15H,3,7-8,11H2,1-2H3. The maximum atomic E-state index is 10.7.